The molecule has 1 saturated heterocycles. The first kappa shape index (κ1) is 15.8. The number of carbonyl (C=O) groups excluding carboxylic acids is 1. The van der Waals surface area contributed by atoms with Gasteiger partial charge in [-0.25, -0.2) is 9.97 Å². The maximum absolute atomic E-state index is 12.7. The van der Waals surface area contributed by atoms with Crippen molar-refractivity contribution in [3.8, 4) is 6.01 Å². The molecule has 1 fully saturated rings. The molecule has 2 aromatic heterocycles. The van der Waals surface area contributed by atoms with Gasteiger partial charge in [0.05, 0.1) is 12.2 Å². The number of rotatable bonds is 5. The Morgan fingerprint density at radius 1 is 1.43 bits per heavy atom. The maximum atomic E-state index is 12.7. The van der Waals surface area contributed by atoms with Crippen LogP contribution in [-0.4, -0.2) is 49.6 Å². The van der Waals surface area contributed by atoms with Gasteiger partial charge in [-0.3, -0.25) is 4.79 Å². The average Bonchev–Trinajstić information content (AvgIpc) is 3.04. The summed E-state index contributed by atoms with van der Waals surface area (Å²) in [5.41, 5.74) is 0.803. The van der Waals surface area contributed by atoms with Gasteiger partial charge in [0.2, 0.25) is 0 Å². The van der Waals surface area contributed by atoms with E-state index in [0.717, 1.165) is 37.9 Å². The summed E-state index contributed by atoms with van der Waals surface area (Å²) in [5.74, 6) is 0.00531. The molecule has 8 heteroatoms. The van der Waals surface area contributed by atoms with Gasteiger partial charge in [-0.15, -0.1) is 5.10 Å². The highest BCUT2D eigenvalue weighted by Crippen LogP contribution is 2.20. The Hall–Kier alpha value is -2.09. The smallest absolute Gasteiger partial charge is 0.316 e. The Balaban J connectivity index is 1.66. The molecular weight excluding hydrogens is 314 g/mol. The number of aryl methyl sites for hydroxylation is 1. The number of hydrogen-bond acceptors (Lipinski definition) is 7. The van der Waals surface area contributed by atoms with E-state index in [0.29, 0.717) is 17.4 Å². The molecule has 3 rings (SSSR count). The van der Waals surface area contributed by atoms with Crippen molar-refractivity contribution < 1.29 is 9.53 Å². The number of amides is 1. The summed E-state index contributed by atoms with van der Waals surface area (Å²) in [6.45, 7) is 3.34. The molecule has 0 aliphatic carbocycles. The quantitative estimate of drug-likeness (QED) is 0.832. The van der Waals surface area contributed by atoms with Crippen LogP contribution in [0.5, 0.6) is 6.01 Å². The van der Waals surface area contributed by atoms with Crippen LogP contribution in [0, 0.1) is 0 Å². The standard InChI is InChI=1S/C15H19N5O2S/c1-2-5-12-13(23-19-18-12)14(21)20-9-3-6-11(10-20)22-15-16-7-4-8-17-15/h4,7-8,11H,2-3,5-6,9-10H2,1H3/t11-/m0/s1. The molecule has 23 heavy (non-hydrogen) atoms. The molecule has 0 bridgehead atoms. The van der Waals surface area contributed by atoms with Gasteiger partial charge < -0.3 is 9.64 Å². The Bertz CT molecular complexity index is 648. The van der Waals surface area contributed by atoms with Crippen molar-refractivity contribution in [2.45, 2.75) is 38.7 Å². The predicted molar refractivity (Wildman–Crippen MR) is 85.5 cm³/mol. The number of ether oxygens (including phenoxy) is 1. The van der Waals surface area contributed by atoms with Gasteiger partial charge in [-0.1, -0.05) is 17.8 Å². The molecule has 0 spiro atoms. The van der Waals surface area contributed by atoms with Crippen LogP contribution < -0.4 is 4.74 Å². The molecular formula is C15H19N5O2S. The van der Waals surface area contributed by atoms with Gasteiger partial charge in [0, 0.05) is 18.9 Å². The minimum absolute atomic E-state index is 0.00531. The lowest BCUT2D eigenvalue weighted by molar-refractivity contribution is 0.0519. The van der Waals surface area contributed by atoms with E-state index in [1.807, 2.05) is 4.90 Å². The van der Waals surface area contributed by atoms with E-state index in [4.69, 9.17) is 4.74 Å². The first-order valence-electron chi connectivity index (χ1n) is 7.82. The van der Waals surface area contributed by atoms with Crippen LogP contribution in [0.2, 0.25) is 0 Å². The highest BCUT2D eigenvalue weighted by Gasteiger charge is 2.28. The Morgan fingerprint density at radius 3 is 3.04 bits per heavy atom. The number of aromatic nitrogens is 4. The molecule has 1 atom stereocenters. The molecule has 7 nitrogen and oxygen atoms in total. The topological polar surface area (TPSA) is 81.1 Å². The molecule has 1 amide bonds. The first-order chi connectivity index (χ1) is 11.3. The largest absolute Gasteiger partial charge is 0.458 e. The van der Waals surface area contributed by atoms with E-state index in [9.17, 15) is 4.79 Å². The summed E-state index contributed by atoms with van der Waals surface area (Å²) in [6, 6.07) is 2.10. The van der Waals surface area contributed by atoms with Crippen molar-refractivity contribution in [3.63, 3.8) is 0 Å². The minimum Gasteiger partial charge on any atom is -0.458 e. The van der Waals surface area contributed by atoms with Crippen LogP contribution in [0.1, 0.15) is 41.6 Å². The second-order valence-electron chi connectivity index (χ2n) is 5.46. The van der Waals surface area contributed by atoms with Crippen molar-refractivity contribution in [2.24, 2.45) is 0 Å². The number of nitrogens with zero attached hydrogens (tertiary/aromatic N) is 5. The Kier molecular flexibility index (Phi) is 5.12. The lowest BCUT2D eigenvalue weighted by Crippen LogP contribution is -2.44. The number of piperidine rings is 1. The highest BCUT2D eigenvalue weighted by atomic mass is 32.1. The van der Waals surface area contributed by atoms with Crippen LogP contribution in [0.15, 0.2) is 18.5 Å². The second-order valence-corrected chi connectivity index (χ2v) is 6.22. The van der Waals surface area contributed by atoms with Crippen molar-refractivity contribution in [3.05, 3.63) is 29.0 Å². The lowest BCUT2D eigenvalue weighted by Gasteiger charge is -2.32. The first-order valence-corrected chi connectivity index (χ1v) is 8.59. The predicted octanol–water partition coefficient (Wildman–Crippen LogP) is 1.96. The molecule has 3 heterocycles. The molecule has 0 saturated carbocycles. The molecule has 1 aliphatic heterocycles. The number of carbonyl (C=O) groups is 1. The zero-order valence-electron chi connectivity index (χ0n) is 13.0. The fraction of sp³-hybridized carbons (Fsp3) is 0.533. The SMILES string of the molecule is CCCc1nnsc1C(=O)N1CCC[C@H](Oc2ncccn2)C1. The van der Waals surface area contributed by atoms with Crippen molar-refractivity contribution in [1.29, 1.82) is 0 Å². The Morgan fingerprint density at radius 2 is 2.26 bits per heavy atom. The Labute approximate surface area is 138 Å². The summed E-state index contributed by atoms with van der Waals surface area (Å²) < 4.78 is 9.72. The van der Waals surface area contributed by atoms with Gasteiger partial charge in [0.25, 0.3) is 5.91 Å². The van der Waals surface area contributed by atoms with E-state index in [2.05, 4.69) is 26.5 Å². The monoisotopic (exact) mass is 333 g/mol. The van der Waals surface area contributed by atoms with Gasteiger partial charge >= 0.3 is 6.01 Å². The van der Waals surface area contributed by atoms with Crippen LogP contribution in [0.25, 0.3) is 0 Å². The molecule has 0 radical (unpaired) electrons. The van der Waals surface area contributed by atoms with E-state index < -0.39 is 0 Å². The minimum atomic E-state index is -0.0781. The molecule has 122 valence electrons. The van der Waals surface area contributed by atoms with Crippen molar-refractivity contribution >= 4 is 17.4 Å². The van der Waals surface area contributed by atoms with Gasteiger partial charge in [0.1, 0.15) is 11.0 Å². The summed E-state index contributed by atoms with van der Waals surface area (Å²) in [5, 5.41) is 4.08. The third kappa shape index (κ3) is 3.82. The second kappa shape index (κ2) is 7.45. The molecule has 0 unspecified atom stereocenters. The zero-order chi connectivity index (χ0) is 16.1. The van der Waals surface area contributed by atoms with E-state index in [-0.39, 0.29) is 12.0 Å². The van der Waals surface area contributed by atoms with Gasteiger partial charge in [-0.2, -0.15) is 0 Å². The van der Waals surface area contributed by atoms with Crippen LogP contribution in [0.3, 0.4) is 0 Å². The van der Waals surface area contributed by atoms with E-state index in [1.165, 1.54) is 11.5 Å². The normalized spacial score (nSPS) is 18.0. The summed E-state index contributed by atoms with van der Waals surface area (Å²) in [7, 11) is 0. The van der Waals surface area contributed by atoms with Gasteiger partial charge in [-0.05, 0) is 36.9 Å². The van der Waals surface area contributed by atoms with Crippen molar-refractivity contribution in [2.75, 3.05) is 13.1 Å². The third-order valence-corrected chi connectivity index (χ3v) is 4.47. The third-order valence-electron chi connectivity index (χ3n) is 3.72. The average molecular weight is 333 g/mol. The maximum Gasteiger partial charge on any atom is 0.316 e. The summed E-state index contributed by atoms with van der Waals surface area (Å²) in [4.78, 5) is 23.4. The number of likely N-dealkylation sites (tertiary alicyclic amines) is 1. The van der Waals surface area contributed by atoms with E-state index in [1.54, 1.807) is 18.5 Å². The van der Waals surface area contributed by atoms with E-state index >= 15 is 0 Å². The highest BCUT2D eigenvalue weighted by molar-refractivity contribution is 7.08. The summed E-state index contributed by atoms with van der Waals surface area (Å²) in [6.07, 6.45) is 6.74. The fourth-order valence-electron chi connectivity index (χ4n) is 2.63. The number of hydrogen-bond donors (Lipinski definition) is 0. The van der Waals surface area contributed by atoms with Crippen molar-refractivity contribution in [1.82, 2.24) is 24.5 Å². The fourth-order valence-corrected chi connectivity index (χ4v) is 3.31. The zero-order valence-corrected chi connectivity index (χ0v) is 13.8. The molecule has 2 aromatic rings. The van der Waals surface area contributed by atoms with Crippen LogP contribution in [-0.2, 0) is 6.42 Å². The molecule has 0 N–H and O–H groups in total. The molecule has 0 aromatic carbocycles. The van der Waals surface area contributed by atoms with Gasteiger partial charge in [0.15, 0.2) is 0 Å². The van der Waals surface area contributed by atoms with Crippen LogP contribution >= 0.6 is 11.5 Å². The van der Waals surface area contributed by atoms with Crippen LogP contribution in [0.4, 0.5) is 0 Å². The molecule has 1 aliphatic rings. The lowest BCUT2D eigenvalue weighted by atomic mass is 10.1. The summed E-state index contributed by atoms with van der Waals surface area (Å²) >= 11 is 1.18.